The lowest BCUT2D eigenvalue weighted by molar-refractivity contribution is 0.306. The number of rotatable bonds is 3. The van der Waals surface area contributed by atoms with Crippen LogP contribution in [0.15, 0.2) is 60.0 Å². The lowest BCUT2D eigenvalue weighted by Crippen LogP contribution is -2.11. The average Bonchev–Trinajstić information content (AvgIpc) is 2.85. The van der Waals surface area contributed by atoms with Crippen LogP contribution in [0.25, 0.3) is 15.8 Å². The third-order valence-corrected chi connectivity index (χ3v) is 6.30. The quantitative estimate of drug-likeness (QED) is 0.713. The number of thioether (sulfide) groups is 1. The Morgan fingerprint density at radius 3 is 2.87 bits per heavy atom. The van der Waals surface area contributed by atoms with Gasteiger partial charge in [0.15, 0.2) is 0 Å². The lowest BCUT2D eigenvalue weighted by atomic mass is 10.2. The summed E-state index contributed by atoms with van der Waals surface area (Å²) in [7, 11) is 0. The molecule has 2 aromatic carbocycles. The number of nitrogens with one attached hydrogen (secondary N) is 1. The molecule has 1 aromatic heterocycles. The van der Waals surface area contributed by atoms with Gasteiger partial charge in [0.2, 0.25) is 0 Å². The van der Waals surface area contributed by atoms with Crippen LogP contribution in [0.2, 0.25) is 0 Å². The third-order valence-electron chi connectivity index (χ3n) is 3.82. The lowest BCUT2D eigenvalue weighted by Gasteiger charge is -2.07. The summed E-state index contributed by atoms with van der Waals surface area (Å²) < 4.78 is 7.27. The smallest absolute Gasteiger partial charge is 0.120 e. The normalized spacial score (nSPS) is 14.2. The second-order valence-corrected chi connectivity index (χ2v) is 7.60. The Labute approximate surface area is 144 Å². The molecule has 0 unspecified atom stereocenters. The van der Waals surface area contributed by atoms with Gasteiger partial charge in [-0.1, -0.05) is 36.9 Å². The van der Waals surface area contributed by atoms with Crippen molar-refractivity contribution in [3.05, 3.63) is 65.6 Å². The number of benzene rings is 2. The fraction of sp³-hybridized carbons (Fsp3) is 0.158. The largest absolute Gasteiger partial charge is 0.489 e. The van der Waals surface area contributed by atoms with Crippen molar-refractivity contribution in [3.63, 3.8) is 0 Å². The molecular formula is C19H17NOS2. The minimum atomic E-state index is 0.597. The van der Waals surface area contributed by atoms with Gasteiger partial charge in [-0.05, 0) is 23.8 Å². The van der Waals surface area contributed by atoms with Crippen LogP contribution in [-0.4, -0.2) is 12.3 Å². The van der Waals surface area contributed by atoms with Crippen LogP contribution in [-0.2, 0) is 6.61 Å². The molecule has 2 nitrogen and oxygen atoms in total. The van der Waals surface area contributed by atoms with E-state index in [2.05, 4.69) is 42.2 Å². The Kier molecular flexibility index (Phi) is 4.02. The molecule has 0 spiro atoms. The molecule has 0 radical (unpaired) electrons. The van der Waals surface area contributed by atoms with Crippen molar-refractivity contribution in [1.82, 2.24) is 5.32 Å². The molecule has 1 aliphatic rings. The van der Waals surface area contributed by atoms with E-state index in [4.69, 9.17) is 4.74 Å². The van der Waals surface area contributed by atoms with Crippen molar-refractivity contribution < 1.29 is 4.74 Å². The van der Waals surface area contributed by atoms with Crippen LogP contribution in [0.3, 0.4) is 0 Å². The minimum absolute atomic E-state index is 0.597. The van der Waals surface area contributed by atoms with E-state index in [-0.39, 0.29) is 0 Å². The molecule has 3 aromatic rings. The second-order valence-electron chi connectivity index (χ2n) is 5.45. The zero-order valence-corrected chi connectivity index (χ0v) is 14.3. The average molecular weight is 339 g/mol. The van der Waals surface area contributed by atoms with Gasteiger partial charge in [-0.25, -0.2) is 0 Å². The van der Waals surface area contributed by atoms with Crippen LogP contribution in [0, 0.1) is 0 Å². The first kappa shape index (κ1) is 14.7. The maximum Gasteiger partial charge on any atom is 0.120 e. The molecule has 1 N–H and O–H groups in total. The molecule has 0 fully saturated rings. The minimum Gasteiger partial charge on any atom is -0.489 e. The fourth-order valence-electron chi connectivity index (χ4n) is 2.66. The van der Waals surface area contributed by atoms with Gasteiger partial charge in [-0.2, -0.15) is 0 Å². The van der Waals surface area contributed by atoms with Gasteiger partial charge in [0, 0.05) is 33.0 Å². The molecule has 23 heavy (non-hydrogen) atoms. The number of thiophene rings is 1. The highest BCUT2D eigenvalue weighted by molar-refractivity contribution is 7.99. The Balaban J connectivity index is 1.65. The van der Waals surface area contributed by atoms with Gasteiger partial charge in [0.25, 0.3) is 0 Å². The molecule has 0 aliphatic carbocycles. The summed E-state index contributed by atoms with van der Waals surface area (Å²) >= 11 is 3.71. The molecule has 2 heterocycles. The maximum absolute atomic E-state index is 5.98. The van der Waals surface area contributed by atoms with Crippen molar-refractivity contribution in [2.75, 3.05) is 12.3 Å². The topological polar surface area (TPSA) is 21.3 Å². The highest BCUT2D eigenvalue weighted by atomic mass is 32.2. The van der Waals surface area contributed by atoms with Crippen molar-refractivity contribution in [2.45, 2.75) is 11.5 Å². The molecule has 0 amide bonds. The van der Waals surface area contributed by atoms with Crippen LogP contribution in [0.1, 0.15) is 10.4 Å². The number of fused-ring (bicyclic) bond motifs is 3. The molecule has 4 heteroatoms. The van der Waals surface area contributed by atoms with E-state index in [1.807, 2.05) is 30.0 Å². The van der Waals surface area contributed by atoms with Gasteiger partial charge in [-0.15, -0.1) is 23.1 Å². The van der Waals surface area contributed by atoms with Gasteiger partial charge in [0.05, 0.1) is 4.88 Å². The first-order chi connectivity index (χ1) is 11.3. The van der Waals surface area contributed by atoms with Crippen LogP contribution in [0.5, 0.6) is 5.75 Å². The molecule has 1 aliphatic heterocycles. The zero-order valence-electron chi connectivity index (χ0n) is 12.7. The Bertz CT molecular complexity index is 854. The number of hydrogen-bond donors (Lipinski definition) is 1. The van der Waals surface area contributed by atoms with E-state index in [1.54, 1.807) is 11.3 Å². The Hall–Kier alpha value is -1.91. The fourth-order valence-corrected chi connectivity index (χ4v) is 5.04. The molecule has 0 bridgehead atoms. The van der Waals surface area contributed by atoms with Crippen LogP contribution < -0.4 is 10.1 Å². The van der Waals surface area contributed by atoms with E-state index in [9.17, 15) is 0 Å². The summed E-state index contributed by atoms with van der Waals surface area (Å²) in [5, 5.41) is 4.67. The first-order valence-corrected chi connectivity index (χ1v) is 9.41. The van der Waals surface area contributed by atoms with Gasteiger partial charge >= 0.3 is 0 Å². The third kappa shape index (κ3) is 2.96. The van der Waals surface area contributed by atoms with E-state index >= 15 is 0 Å². The molecule has 4 rings (SSSR count). The maximum atomic E-state index is 5.98. The highest BCUT2D eigenvalue weighted by Gasteiger charge is 2.18. The molecule has 0 saturated heterocycles. The predicted octanol–water partition coefficient (Wildman–Crippen LogP) is 5.15. The summed E-state index contributed by atoms with van der Waals surface area (Å²) in [6, 6.07) is 16.6. The van der Waals surface area contributed by atoms with Crippen molar-refractivity contribution in [2.24, 2.45) is 0 Å². The van der Waals surface area contributed by atoms with Crippen LogP contribution in [0.4, 0.5) is 0 Å². The zero-order chi connectivity index (χ0) is 15.6. The monoisotopic (exact) mass is 339 g/mol. The van der Waals surface area contributed by atoms with E-state index in [0.29, 0.717) is 6.61 Å². The number of ether oxygens (including phenoxy) is 1. The van der Waals surface area contributed by atoms with Crippen molar-refractivity contribution in [3.8, 4) is 5.75 Å². The summed E-state index contributed by atoms with van der Waals surface area (Å²) in [5.74, 6) is 1.98. The Morgan fingerprint density at radius 2 is 2.00 bits per heavy atom. The molecule has 116 valence electrons. The van der Waals surface area contributed by atoms with Crippen molar-refractivity contribution in [1.29, 1.82) is 0 Å². The van der Waals surface area contributed by atoms with Gasteiger partial charge < -0.3 is 10.1 Å². The van der Waals surface area contributed by atoms with Gasteiger partial charge in [0.1, 0.15) is 12.4 Å². The molecule has 0 atom stereocenters. The first-order valence-electron chi connectivity index (χ1n) is 7.60. The summed E-state index contributed by atoms with van der Waals surface area (Å²) in [5.41, 5.74) is 2.22. The molecular weight excluding hydrogens is 322 g/mol. The second kappa shape index (κ2) is 6.30. The summed E-state index contributed by atoms with van der Waals surface area (Å²) in [4.78, 5) is 2.60. The van der Waals surface area contributed by atoms with Gasteiger partial charge in [-0.3, -0.25) is 0 Å². The predicted molar refractivity (Wildman–Crippen MR) is 100 cm³/mol. The summed E-state index contributed by atoms with van der Waals surface area (Å²) in [6.07, 6.45) is 0. The number of hydrogen-bond acceptors (Lipinski definition) is 4. The van der Waals surface area contributed by atoms with E-state index in [1.165, 1.54) is 25.4 Å². The molecule has 0 saturated carbocycles. The summed E-state index contributed by atoms with van der Waals surface area (Å²) in [6.45, 7) is 5.73. The van der Waals surface area contributed by atoms with E-state index in [0.717, 1.165) is 23.7 Å². The Morgan fingerprint density at radius 1 is 1.13 bits per heavy atom. The van der Waals surface area contributed by atoms with Crippen LogP contribution >= 0.6 is 23.1 Å². The highest BCUT2D eigenvalue weighted by Crippen LogP contribution is 2.43. The van der Waals surface area contributed by atoms with Crippen molar-refractivity contribution >= 4 is 38.9 Å². The SMILES string of the molecule is C=C1NCCSc2c1sc1ccc(OCc3ccccc3)cc21. The standard InChI is InChI=1S/C19H17NOS2/c1-13-18-19(22-10-9-20-13)16-11-15(7-8-17(16)23-18)21-12-14-5-3-2-4-6-14/h2-8,11,20H,1,9-10,12H2. The van der Waals surface area contributed by atoms with E-state index < -0.39 is 0 Å².